The molecule has 0 saturated heterocycles. The number of hydrogen-bond donors (Lipinski definition) is 3. The molecule has 26 heavy (non-hydrogen) atoms. The molecule has 5 heteroatoms. The minimum Gasteiger partial charge on any atom is -0.396 e. The molecule has 0 aliphatic rings. The molecule has 0 atom stereocenters. The summed E-state index contributed by atoms with van der Waals surface area (Å²) in [7, 11) is 0. The molecule has 0 bridgehead atoms. The highest BCUT2D eigenvalue weighted by molar-refractivity contribution is 6.09. The van der Waals surface area contributed by atoms with Crippen molar-refractivity contribution in [2.24, 2.45) is 0 Å². The number of benzene rings is 2. The van der Waals surface area contributed by atoms with Crippen molar-refractivity contribution in [1.82, 2.24) is 10.3 Å². The van der Waals surface area contributed by atoms with E-state index in [1.165, 1.54) is 12.1 Å². The third-order valence-corrected chi connectivity index (χ3v) is 4.42. The van der Waals surface area contributed by atoms with E-state index in [1.54, 1.807) is 6.07 Å². The molecule has 0 aliphatic heterocycles. The summed E-state index contributed by atoms with van der Waals surface area (Å²) in [6, 6.07) is 14.0. The van der Waals surface area contributed by atoms with Crippen LogP contribution in [0.5, 0.6) is 0 Å². The SMILES string of the molecule is O=C(NCCCCCCO)c1[nH]c2ccc(F)cc2c1-c1ccccc1. The summed E-state index contributed by atoms with van der Waals surface area (Å²) in [5, 5.41) is 12.4. The Balaban J connectivity index is 1.84. The zero-order valence-corrected chi connectivity index (χ0v) is 14.6. The number of aromatic amines is 1. The molecule has 1 amide bonds. The highest BCUT2D eigenvalue weighted by atomic mass is 19.1. The van der Waals surface area contributed by atoms with Gasteiger partial charge in [-0.05, 0) is 36.6 Å². The summed E-state index contributed by atoms with van der Waals surface area (Å²) in [6.07, 6.45) is 3.57. The standard InChI is InChI=1S/C21H23FN2O2/c22-16-10-11-18-17(14-16)19(15-8-4-3-5-9-15)20(24-18)21(26)23-12-6-1-2-7-13-25/h3-5,8-11,14,24-25H,1-2,6-7,12-13H2,(H,23,26). The van der Waals surface area contributed by atoms with Gasteiger partial charge in [0.15, 0.2) is 0 Å². The molecule has 2 aromatic carbocycles. The first-order chi connectivity index (χ1) is 12.7. The maximum absolute atomic E-state index is 13.8. The van der Waals surface area contributed by atoms with Crippen LogP contribution < -0.4 is 5.32 Å². The molecule has 0 aliphatic carbocycles. The van der Waals surface area contributed by atoms with Crippen LogP contribution in [0, 0.1) is 5.82 Å². The summed E-state index contributed by atoms with van der Waals surface area (Å²) in [5.74, 6) is -0.521. The second-order valence-electron chi connectivity index (χ2n) is 6.32. The lowest BCUT2D eigenvalue weighted by atomic mass is 10.0. The molecular weight excluding hydrogens is 331 g/mol. The number of halogens is 1. The summed E-state index contributed by atoms with van der Waals surface area (Å²) >= 11 is 0. The molecule has 0 saturated carbocycles. The van der Waals surface area contributed by atoms with Gasteiger partial charge in [0, 0.05) is 29.6 Å². The van der Waals surface area contributed by atoms with E-state index in [-0.39, 0.29) is 18.3 Å². The van der Waals surface area contributed by atoms with Gasteiger partial charge in [-0.2, -0.15) is 0 Å². The van der Waals surface area contributed by atoms with Gasteiger partial charge in [-0.15, -0.1) is 0 Å². The quantitative estimate of drug-likeness (QED) is 0.529. The van der Waals surface area contributed by atoms with Crippen molar-refractivity contribution in [3.63, 3.8) is 0 Å². The molecule has 4 nitrogen and oxygen atoms in total. The second-order valence-corrected chi connectivity index (χ2v) is 6.32. The second kappa shape index (κ2) is 8.63. The van der Waals surface area contributed by atoms with E-state index in [9.17, 15) is 9.18 Å². The van der Waals surface area contributed by atoms with Crippen LogP contribution in [0.2, 0.25) is 0 Å². The molecule has 136 valence electrons. The molecule has 3 rings (SSSR count). The Morgan fingerprint density at radius 2 is 1.81 bits per heavy atom. The first-order valence-electron chi connectivity index (χ1n) is 8.96. The lowest BCUT2D eigenvalue weighted by molar-refractivity contribution is 0.0949. The average Bonchev–Trinajstić information content (AvgIpc) is 3.03. The zero-order chi connectivity index (χ0) is 18.4. The smallest absolute Gasteiger partial charge is 0.268 e. The highest BCUT2D eigenvalue weighted by Crippen LogP contribution is 2.32. The number of aromatic nitrogens is 1. The molecule has 1 aromatic heterocycles. The fourth-order valence-corrected chi connectivity index (χ4v) is 3.12. The lowest BCUT2D eigenvalue weighted by Crippen LogP contribution is -2.25. The highest BCUT2D eigenvalue weighted by Gasteiger charge is 2.19. The third kappa shape index (κ3) is 4.11. The predicted molar refractivity (Wildman–Crippen MR) is 102 cm³/mol. The molecule has 3 N–H and O–H groups in total. The number of fused-ring (bicyclic) bond motifs is 1. The van der Waals surface area contributed by atoms with E-state index < -0.39 is 0 Å². The molecule has 0 spiro atoms. The van der Waals surface area contributed by atoms with E-state index >= 15 is 0 Å². The van der Waals surface area contributed by atoms with E-state index in [4.69, 9.17) is 5.11 Å². The first kappa shape index (κ1) is 18.1. The van der Waals surface area contributed by atoms with Crippen molar-refractivity contribution in [3.8, 4) is 11.1 Å². The number of aliphatic hydroxyl groups excluding tert-OH is 1. The fraction of sp³-hybridized carbons (Fsp3) is 0.286. The number of carbonyl (C=O) groups is 1. The molecule has 1 heterocycles. The predicted octanol–water partition coefficient (Wildman–Crippen LogP) is 4.26. The number of unbranched alkanes of at least 4 members (excludes halogenated alkanes) is 3. The Hall–Kier alpha value is -2.66. The topological polar surface area (TPSA) is 65.1 Å². The lowest BCUT2D eigenvalue weighted by Gasteiger charge is -2.07. The molecule has 3 aromatic rings. The Kier molecular flexibility index (Phi) is 6.02. The maximum Gasteiger partial charge on any atom is 0.268 e. The maximum atomic E-state index is 13.8. The van der Waals surface area contributed by atoms with Crippen LogP contribution in [-0.2, 0) is 0 Å². The van der Waals surface area contributed by atoms with E-state index in [2.05, 4.69) is 10.3 Å². The summed E-state index contributed by atoms with van der Waals surface area (Å²) < 4.78 is 13.8. The van der Waals surface area contributed by atoms with Gasteiger partial charge in [-0.1, -0.05) is 43.2 Å². The monoisotopic (exact) mass is 354 g/mol. The van der Waals surface area contributed by atoms with Gasteiger partial charge >= 0.3 is 0 Å². The van der Waals surface area contributed by atoms with Gasteiger partial charge < -0.3 is 15.4 Å². The minimum atomic E-state index is -0.329. The molecule has 0 unspecified atom stereocenters. The van der Waals surface area contributed by atoms with Gasteiger partial charge in [-0.3, -0.25) is 4.79 Å². The largest absolute Gasteiger partial charge is 0.396 e. The third-order valence-electron chi connectivity index (χ3n) is 4.42. The van der Waals surface area contributed by atoms with Crippen LogP contribution in [0.25, 0.3) is 22.0 Å². The van der Waals surface area contributed by atoms with Crippen molar-refractivity contribution in [2.75, 3.05) is 13.2 Å². The molecule has 0 fully saturated rings. The normalized spacial score (nSPS) is 11.0. The number of hydrogen-bond acceptors (Lipinski definition) is 2. The van der Waals surface area contributed by atoms with Gasteiger partial charge in [0.05, 0.1) is 0 Å². The average molecular weight is 354 g/mol. The van der Waals surface area contributed by atoms with Crippen molar-refractivity contribution < 1.29 is 14.3 Å². The number of aliphatic hydroxyl groups is 1. The van der Waals surface area contributed by atoms with Crippen LogP contribution in [-0.4, -0.2) is 29.1 Å². The Morgan fingerprint density at radius 3 is 2.58 bits per heavy atom. The fourth-order valence-electron chi connectivity index (χ4n) is 3.12. The van der Waals surface area contributed by atoms with Crippen molar-refractivity contribution in [2.45, 2.75) is 25.7 Å². The van der Waals surface area contributed by atoms with E-state index in [0.29, 0.717) is 17.6 Å². The van der Waals surface area contributed by atoms with Crippen molar-refractivity contribution in [1.29, 1.82) is 0 Å². The zero-order valence-electron chi connectivity index (χ0n) is 14.6. The Labute approximate surface area is 152 Å². The Morgan fingerprint density at radius 1 is 1.04 bits per heavy atom. The van der Waals surface area contributed by atoms with Crippen molar-refractivity contribution in [3.05, 3.63) is 60.0 Å². The first-order valence-corrected chi connectivity index (χ1v) is 8.96. The van der Waals surface area contributed by atoms with Crippen LogP contribution in [0.15, 0.2) is 48.5 Å². The number of nitrogens with one attached hydrogen (secondary N) is 2. The van der Waals surface area contributed by atoms with Gasteiger partial charge in [-0.25, -0.2) is 4.39 Å². The van der Waals surface area contributed by atoms with Crippen LogP contribution in [0.3, 0.4) is 0 Å². The van der Waals surface area contributed by atoms with Crippen LogP contribution in [0.4, 0.5) is 4.39 Å². The summed E-state index contributed by atoms with van der Waals surface area (Å²) in [4.78, 5) is 15.8. The molecular formula is C21H23FN2O2. The molecule has 0 radical (unpaired) electrons. The minimum absolute atomic E-state index is 0.192. The van der Waals surface area contributed by atoms with Crippen molar-refractivity contribution >= 4 is 16.8 Å². The summed E-state index contributed by atoms with van der Waals surface area (Å²) in [5.41, 5.74) is 2.78. The number of H-pyrrole nitrogens is 1. The number of rotatable bonds is 8. The van der Waals surface area contributed by atoms with Crippen LogP contribution in [0.1, 0.15) is 36.2 Å². The van der Waals surface area contributed by atoms with Gasteiger partial charge in [0.1, 0.15) is 11.5 Å². The summed E-state index contributed by atoms with van der Waals surface area (Å²) in [6.45, 7) is 0.778. The van der Waals surface area contributed by atoms with Crippen LogP contribution >= 0.6 is 0 Å². The van der Waals surface area contributed by atoms with Gasteiger partial charge in [0.2, 0.25) is 0 Å². The van der Waals surface area contributed by atoms with E-state index in [1.807, 2.05) is 30.3 Å². The van der Waals surface area contributed by atoms with Gasteiger partial charge in [0.25, 0.3) is 5.91 Å². The number of amides is 1. The number of carbonyl (C=O) groups excluding carboxylic acids is 1. The van der Waals surface area contributed by atoms with E-state index in [0.717, 1.165) is 42.3 Å². The Bertz CT molecular complexity index is 874.